The number of amides is 1. The molecule has 1 N–H and O–H groups in total. The predicted octanol–water partition coefficient (Wildman–Crippen LogP) is 7.77. The second-order valence-corrected chi connectivity index (χ2v) is 18.7. The smallest absolute Gasteiger partial charge is 0.312 e. The van der Waals surface area contributed by atoms with Gasteiger partial charge in [-0.25, -0.2) is 0 Å². The topological polar surface area (TPSA) is 128 Å². The Labute approximate surface area is 347 Å². The van der Waals surface area contributed by atoms with Gasteiger partial charge in [0, 0.05) is 63.5 Å². The average molecular weight is 805 g/mol. The van der Waals surface area contributed by atoms with Crippen LogP contribution in [0.4, 0.5) is 0 Å². The molecule has 0 saturated carbocycles. The fourth-order valence-electron chi connectivity index (χ4n) is 6.42. The lowest BCUT2D eigenvalue weighted by molar-refractivity contribution is -0.160. The first-order valence-electron chi connectivity index (χ1n) is 22.0. The van der Waals surface area contributed by atoms with Crippen molar-refractivity contribution in [1.29, 1.82) is 0 Å². The number of carbonyl (C=O) groups excluding carboxylic acids is 3. The highest BCUT2D eigenvalue weighted by Crippen LogP contribution is 2.40. The number of hydrogen-bond donors (Lipinski definition) is 1. The van der Waals surface area contributed by atoms with E-state index in [1.807, 2.05) is 50.7 Å². The number of piperazine rings is 1. The Morgan fingerprint density at radius 3 is 1.44 bits per heavy atom. The standard InChI is InChI=1S/C18H28O5.C10H22N2.C9H17N3.C8H17NO/c1-11(2)7-9-21-17(19)15-13-5-6-14(23-13)16(15)18(20)22-10-8-12(3)4;1-9(2)11-5-7-12(8-6-11)10(3)4;1-7(2)5-12-6-9(8(3)4)10-11-12;1-6(2)5-8(10)9-7(3)4/h5-6,11-16H,7-10H2,1-4H3;9-10H,5-8H2,1-4H3;6-8H,5H2,1-4H3;6-7H,5H2,1-4H3,(H,9,10). The molecule has 2 fully saturated rings. The largest absolute Gasteiger partial charge is 0.465 e. The number of fused-ring (bicyclic) bond motifs is 2. The van der Waals surface area contributed by atoms with Crippen molar-refractivity contribution in [2.75, 3.05) is 39.4 Å². The molecule has 330 valence electrons. The fraction of sp³-hybridized carbons (Fsp3) is 0.844. The van der Waals surface area contributed by atoms with Gasteiger partial charge in [-0.2, -0.15) is 0 Å². The van der Waals surface area contributed by atoms with Crippen molar-refractivity contribution < 1.29 is 28.6 Å². The molecule has 3 aliphatic rings. The number of nitrogens with one attached hydrogen (secondary N) is 1. The molecule has 4 heterocycles. The molecule has 4 rings (SSSR count). The molecule has 0 aliphatic carbocycles. The Kier molecular flexibility index (Phi) is 24.7. The zero-order valence-corrected chi connectivity index (χ0v) is 38.9. The van der Waals surface area contributed by atoms with Crippen molar-refractivity contribution in [3.05, 3.63) is 24.0 Å². The van der Waals surface area contributed by atoms with Crippen LogP contribution in [0.5, 0.6) is 0 Å². The highest BCUT2D eigenvalue weighted by molar-refractivity contribution is 5.85. The minimum atomic E-state index is -0.580. The summed E-state index contributed by atoms with van der Waals surface area (Å²) in [5.74, 6) is 0.793. The Morgan fingerprint density at radius 1 is 0.684 bits per heavy atom. The third-order valence-electron chi connectivity index (χ3n) is 9.88. The van der Waals surface area contributed by atoms with Gasteiger partial charge in [0.2, 0.25) is 5.91 Å². The maximum absolute atomic E-state index is 12.4. The number of rotatable bonds is 16. The summed E-state index contributed by atoms with van der Waals surface area (Å²) < 4.78 is 18.3. The minimum Gasteiger partial charge on any atom is -0.465 e. The van der Waals surface area contributed by atoms with Crippen LogP contribution in [0.25, 0.3) is 0 Å². The Morgan fingerprint density at radius 2 is 1.12 bits per heavy atom. The summed E-state index contributed by atoms with van der Waals surface area (Å²) in [6.07, 6.45) is 7.25. The maximum atomic E-state index is 12.4. The summed E-state index contributed by atoms with van der Waals surface area (Å²) in [5, 5.41) is 11.0. The number of hydrogen-bond acceptors (Lipinski definition) is 10. The molecule has 0 radical (unpaired) electrons. The first kappa shape index (κ1) is 52.2. The summed E-state index contributed by atoms with van der Waals surface area (Å²) in [6, 6.07) is 1.71. The second-order valence-electron chi connectivity index (χ2n) is 18.7. The third kappa shape index (κ3) is 21.1. The van der Waals surface area contributed by atoms with Gasteiger partial charge in [-0.05, 0) is 84.0 Å². The van der Waals surface area contributed by atoms with E-state index < -0.39 is 11.8 Å². The summed E-state index contributed by atoms with van der Waals surface area (Å²) >= 11 is 0. The van der Waals surface area contributed by atoms with E-state index in [0.29, 0.717) is 49.2 Å². The molecule has 3 aliphatic heterocycles. The van der Waals surface area contributed by atoms with Gasteiger partial charge in [-0.3, -0.25) is 28.9 Å². The Hall–Kier alpha value is -2.83. The fourth-order valence-corrected chi connectivity index (χ4v) is 6.42. The third-order valence-corrected chi connectivity index (χ3v) is 9.88. The zero-order valence-electron chi connectivity index (χ0n) is 38.9. The van der Waals surface area contributed by atoms with Crippen LogP contribution in [-0.2, 0) is 35.1 Å². The van der Waals surface area contributed by atoms with Crippen molar-refractivity contribution in [3.8, 4) is 0 Å². The van der Waals surface area contributed by atoms with E-state index in [9.17, 15) is 14.4 Å². The molecular weight excluding hydrogens is 721 g/mol. The van der Waals surface area contributed by atoms with Crippen LogP contribution in [0.15, 0.2) is 18.3 Å². The number of nitrogens with zero attached hydrogens (tertiary/aromatic N) is 5. The monoisotopic (exact) mass is 805 g/mol. The summed E-state index contributed by atoms with van der Waals surface area (Å²) in [5.41, 5.74) is 1.08. The number of carbonyl (C=O) groups is 3. The van der Waals surface area contributed by atoms with Gasteiger partial charge in [0.15, 0.2) is 0 Å². The number of esters is 2. The lowest BCUT2D eigenvalue weighted by atomic mass is 9.83. The molecule has 57 heavy (non-hydrogen) atoms. The first-order chi connectivity index (χ1) is 26.6. The molecule has 4 unspecified atom stereocenters. The van der Waals surface area contributed by atoms with Crippen molar-refractivity contribution in [2.24, 2.45) is 35.5 Å². The SMILES string of the molecule is CC(C)CC(=O)NC(C)C.CC(C)CCOC(=O)C1C2C=CC(O2)C1C(=O)OCCC(C)C.CC(C)Cn1cc(C(C)C)nn1.CC(C)N1CCN(C(C)C)CC1. The molecule has 12 nitrogen and oxygen atoms in total. The highest BCUT2D eigenvalue weighted by Gasteiger charge is 2.54. The van der Waals surface area contributed by atoms with Crippen LogP contribution < -0.4 is 5.32 Å². The summed E-state index contributed by atoms with van der Waals surface area (Å²) in [7, 11) is 0. The van der Waals surface area contributed by atoms with Gasteiger partial charge >= 0.3 is 11.9 Å². The number of ether oxygens (including phenoxy) is 3. The second kappa shape index (κ2) is 27.0. The van der Waals surface area contributed by atoms with Gasteiger partial charge in [0.25, 0.3) is 0 Å². The predicted molar refractivity (Wildman–Crippen MR) is 231 cm³/mol. The van der Waals surface area contributed by atoms with Crippen molar-refractivity contribution in [3.63, 3.8) is 0 Å². The number of aromatic nitrogens is 3. The van der Waals surface area contributed by atoms with E-state index in [2.05, 4.69) is 109 Å². The van der Waals surface area contributed by atoms with E-state index >= 15 is 0 Å². The van der Waals surface area contributed by atoms with Crippen molar-refractivity contribution in [2.45, 2.75) is 173 Å². The lowest BCUT2D eigenvalue weighted by Crippen LogP contribution is -2.50. The van der Waals surface area contributed by atoms with Gasteiger partial charge in [-0.1, -0.05) is 86.6 Å². The average Bonchev–Trinajstić information content (AvgIpc) is 3.85. The molecule has 2 saturated heterocycles. The summed E-state index contributed by atoms with van der Waals surface area (Å²) in [6.45, 7) is 40.8. The minimum absolute atomic E-state index is 0.157. The van der Waals surface area contributed by atoms with Crippen LogP contribution in [0, 0.1) is 35.5 Å². The van der Waals surface area contributed by atoms with E-state index in [0.717, 1.165) is 37.2 Å². The zero-order chi connectivity index (χ0) is 43.4. The van der Waals surface area contributed by atoms with Crippen molar-refractivity contribution in [1.82, 2.24) is 30.1 Å². The van der Waals surface area contributed by atoms with Crippen LogP contribution in [-0.4, -0.2) is 112 Å². The Balaban J connectivity index is 0.000000408. The molecule has 1 amide bonds. The van der Waals surface area contributed by atoms with E-state index in [1.54, 1.807) is 0 Å². The first-order valence-corrected chi connectivity index (χ1v) is 22.0. The molecule has 4 atom stereocenters. The summed E-state index contributed by atoms with van der Waals surface area (Å²) in [4.78, 5) is 40.8. The van der Waals surface area contributed by atoms with Gasteiger partial charge in [0.1, 0.15) is 11.8 Å². The van der Waals surface area contributed by atoms with E-state index in [4.69, 9.17) is 14.2 Å². The molecular formula is C45H84N6O6. The molecule has 0 spiro atoms. The normalized spacial score (nSPS) is 20.6. The van der Waals surface area contributed by atoms with E-state index in [1.165, 1.54) is 26.2 Å². The molecule has 1 aromatic heterocycles. The van der Waals surface area contributed by atoms with Gasteiger partial charge in [-0.15, -0.1) is 5.10 Å². The maximum Gasteiger partial charge on any atom is 0.312 e. The molecule has 2 bridgehead atoms. The van der Waals surface area contributed by atoms with Crippen LogP contribution in [0.1, 0.15) is 142 Å². The van der Waals surface area contributed by atoms with Gasteiger partial charge < -0.3 is 19.5 Å². The lowest BCUT2D eigenvalue weighted by Gasteiger charge is -2.38. The Bertz CT molecular complexity index is 1230. The van der Waals surface area contributed by atoms with Crippen LogP contribution in [0.3, 0.4) is 0 Å². The van der Waals surface area contributed by atoms with Crippen LogP contribution in [0.2, 0.25) is 0 Å². The molecule has 12 heteroatoms. The van der Waals surface area contributed by atoms with Crippen molar-refractivity contribution >= 4 is 17.8 Å². The molecule has 1 aromatic rings. The quantitative estimate of drug-likeness (QED) is 0.131. The van der Waals surface area contributed by atoms with Crippen LogP contribution >= 0.6 is 0 Å². The highest BCUT2D eigenvalue weighted by atomic mass is 16.6. The van der Waals surface area contributed by atoms with Gasteiger partial charge in [0.05, 0.1) is 31.1 Å². The molecule has 0 aromatic carbocycles. The van der Waals surface area contributed by atoms with E-state index in [-0.39, 0.29) is 36.1 Å².